The maximum absolute atomic E-state index is 11.6. The minimum atomic E-state index is -1.41. The van der Waals surface area contributed by atoms with Gasteiger partial charge in [0.05, 0.1) is 12.7 Å². The van der Waals surface area contributed by atoms with Crippen molar-refractivity contribution in [2.45, 2.75) is 19.1 Å². The van der Waals surface area contributed by atoms with Gasteiger partial charge < -0.3 is 9.52 Å². The fourth-order valence-electron chi connectivity index (χ4n) is 2.70. The van der Waals surface area contributed by atoms with Gasteiger partial charge in [-0.15, -0.1) is 0 Å². The summed E-state index contributed by atoms with van der Waals surface area (Å²) in [4.78, 5) is 6.50. The van der Waals surface area contributed by atoms with Crippen LogP contribution >= 0.6 is 0 Å². The molecule has 1 aromatic heterocycles. The molecular weight excluding hydrogens is 300 g/mol. The van der Waals surface area contributed by atoms with Crippen LogP contribution in [0.3, 0.4) is 0 Å². The molecule has 0 aliphatic rings. The van der Waals surface area contributed by atoms with Gasteiger partial charge in [-0.3, -0.25) is 4.90 Å². The molecule has 1 N–H and O–H groups in total. The van der Waals surface area contributed by atoms with Crippen molar-refractivity contribution in [1.82, 2.24) is 9.88 Å². The number of rotatable bonds is 6. The smallest absolute Gasteiger partial charge is 0.236 e. The lowest BCUT2D eigenvalue weighted by molar-refractivity contribution is 0.0901. The Morgan fingerprint density at radius 3 is 2.04 bits per heavy atom. The highest BCUT2D eigenvalue weighted by Crippen LogP contribution is 2.36. The van der Waals surface area contributed by atoms with Crippen LogP contribution in [0, 0.1) is 0 Å². The van der Waals surface area contributed by atoms with E-state index in [0.717, 1.165) is 23.4 Å². The summed E-state index contributed by atoms with van der Waals surface area (Å²) in [7, 11) is 2.02. The summed E-state index contributed by atoms with van der Waals surface area (Å²) in [5.74, 6) is 1.03. The Balaban J connectivity index is 2.06. The van der Waals surface area contributed by atoms with E-state index in [4.69, 9.17) is 4.42 Å². The molecule has 24 heavy (non-hydrogen) atoms. The van der Waals surface area contributed by atoms with Gasteiger partial charge >= 0.3 is 0 Å². The quantitative estimate of drug-likeness (QED) is 0.755. The second-order valence-corrected chi connectivity index (χ2v) is 5.90. The summed E-state index contributed by atoms with van der Waals surface area (Å²) >= 11 is 0. The topological polar surface area (TPSA) is 49.5 Å². The number of benzene rings is 2. The van der Waals surface area contributed by atoms with Crippen molar-refractivity contribution in [2.75, 3.05) is 13.6 Å². The first-order chi connectivity index (χ1) is 11.6. The van der Waals surface area contributed by atoms with Crippen LogP contribution in [0.2, 0.25) is 0 Å². The first-order valence-electron chi connectivity index (χ1n) is 8.11. The number of oxazole rings is 1. The van der Waals surface area contributed by atoms with Crippen LogP contribution in [-0.4, -0.2) is 28.6 Å². The normalized spacial score (nSPS) is 11.8. The molecule has 0 spiro atoms. The third-order valence-corrected chi connectivity index (χ3v) is 4.21. The molecule has 0 aliphatic carbocycles. The average molecular weight is 322 g/mol. The number of hydrogen-bond donors (Lipinski definition) is 1. The van der Waals surface area contributed by atoms with E-state index in [9.17, 15) is 5.11 Å². The SMILES string of the molecule is CCN(C)Cc1cnc(C(O)(c2ccccc2)c2ccccc2)o1. The van der Waals surface area contributed by atoms with Crippen molar-refractivity contribution in [3.05, 3.63) is 89.6 Å². The van der Waals surface area contributed by atoms with Crippen LogP contribution in [0.25, 0.3) is 0 Å². The zero-order valence-electron chi connectivity index (χ0n) is 14.0. The lowest BCUT2D eigenvalue weighted by Gasteiger charge is -2.26. The number of aromatic nitrogens is 1. The molecular formula is C20H22N2O2. The first-order valence-corrected chi connectivity index (χ1v) is 8.11. The summed E-state index contributed by atoms with van der Waals surface area (Å²) < 4.78 is 5.93. The van der Waals surface area contributed by atoms with Crippen LogP contribution in [0.1, 0.15) is 29.7 Å². The minimum Gasteiger partial charge on any atom is -0.441 e. The van der Waals surface area contributed by atoms with Crippen molar-refractivity contribution in [2.24, 2.45) is 0 Å². The molecule has 4 nitrogen and oxygen atoms in total. The van der Waals surface area contributed by atoms with E-state index < -0.39 is 5.60 Å². The fraction of sp³-hybridized carbons (Fsp3) is 0.250. The molecule has 4 heteroatoms. The Kier molecular flexibility index (Phi) is 4.79. The lowest BCUT2D eigenvalue weighted by atomic mass is 9.86. The molecule has 0 aliphatic heterocycles. The van der Waals surface area contributed by atoms with E-state index in [0.29, 0.717) is 12.4 Å². The Hall–Kier alpha value is -2.43. The predicted molar refractivity (Wildman–Crippen MR) is 93.5 cm³/mol. The molecule has 3 rings (SSSR count). The average Bonchev–Trinajstić information content (AvgIpc) is 3.11. The molecule has 0 saturated carbocycles. The third kappa shape index (κ3) is 3.11. The summed E-state index contributed by atoms with van der Waals surface area (Å²) in [5, 5.41) is 11.6. The minimum absolute atomic E-state index is 0.291. The van der Waals surface area contributed by atoms with Gasteiger partial charge in [0.15, 0.2) is 5.60 Å². The van der Waals surface area contributed by atoms with Gasteiger partial charge in [0.2, 0.25) is 5.89 Å². The van der Waals surface area contributed by atoms with Crippen LogP contribution in [0.5, 0.6) is 0 Å². The fourth-order valence-corrected chi connectivity index (χ4v) is 2.70. The number of aliphatic hydroxyl groups is 1. The molecule has 2 aromatic carbocycles. The van der Waals surface area contributed by atoms with Crippen molar-refractivity contribution in [1.29, 1.82) is 0 Å². The monoisotopic (exact) mass is 322 g/mol. The van der Waals surface area contributed by atoms with Gasteiger partial charge in [-0.25, -0.2) is 4.98 Å². The Bertz CT molecular complexity index is 729. The van der Waals surface area contributed by atoms with Crippen molar-refractivity contribution < 1.29 is 9.52 Å². The highest BCUT2D eigenvalue weighted by Gasteiger charge is 2.38. The molecule has 3 aromatic rings. The second kappa shape index (κ2) is 6.99. The highest BCUT2D eigenvalue weighted by atomic mass is 16.4. The largest absolute Gasteiger partial charge is 0.441 e. The van der Waals surface area contributed by atoms with Gasteiger partial charge in [0.1, 0.15) is 5.76 Å². The summed E-state index contributed by atoms with van der Waals surface area (Å²) in [6.45, 7) is 3.66. The van der Waals surface area contributed by atoms with Gasteiger partial charge in [0.25, 0.3) is 0 Å². The van der Waals surface area contributed by atoms with Crippen molar-refractivity contribution in [3.63, 3.8) is 0 Å². The van der Waals surface area contributed by atoms with E-state index in [1.165, 1.54) is 0 Å². The van der Waals surface area contributed by atoms with E-state index in [-0.39, 0.29) is 0 Å². The summed E-state index contributed by atoms with van der Waals surface area (Å²) in [5.41, 5.74) is 0.0489. The van der Waals surface area contributed by atoms with E-state index in [1.807, 2.05) is 67.7 Å². The maximum atomic E-state index is 11.6. The third-order valence-electron chi connectivity index (χ3n) is 4.21. The number of hydrogen-bond acceptors (Lipinski definition) is 4. The Morgan fingerprint density at radius 2 is 1.54 bits per heavy atom. The molecule has 124 valence electrons. The van der Waals surface area contributed by atoms with Gasteiger partial charge in [-0.2, -0.15) is 0 Å². The molecule has 0 radical (unpaired) electrons. The molecule has 0 saturated heterocycles. The molecule has 0 fully saturated rings. The molecule has 0 atom stereocenters. The van der Waals surface area contributed by atoms with Crippen LogP contribution in [0.15, 0.2) is 71.3 Å². The van der Waals surface area contributed by atoms with Crippen LogP contribution in [-0.2, 0) is 12.1 Å². The van der Waals surface area contributed by atoms with Crippen LogP contribution < -0.4 is 0 Å². The second-order valence-electron chi connectivity index (χ2n) is 5.90. The van der Waals surface area contributed by atoms with Crippen LogP contribution in [0.4, 0.5) is 0 Å². The number of nitrogens with zero attached hydrogens (tertiary/aromatic N) is 2. The highest BCUT2D eigenvalue weighted by molar-refractivity contribution is 5.41. The maximum Gasteiger partial charge on any atom is 0.236 e. The molecule has 0 amide bonds. The van der Waals surface area contributed by atoms with E-state index in [2.05, 4.69) is 16.8 Å². The Morgan fingerprint density at radius 1 is 1.00 bits per heavy atom. The zero-order chi connectivity index (χ0) is 17.0. The van der Waals surface area contributed by atoms with Crippen molar-refractivity contribution in [3.8, 4) is 0 Å². The summed E-state index contributed by atoms with van der Waals surface area (Å²) in [6.07, 6.45) is 1.69. The molecule has 0 bridgehead atoms. The first kappa shape index (κ1) is 16.4. The Labute approximate surface area is 142 Å². The molecule has 1 heterocycles. The standard InChI is InChI=1S/C20H22N2O2/c1-3-22(2)15-18-14-21-19(24-18)20(23,16-10-6-4-7-11-16)17-12-8-5-9-13-17/h4-14,23H,3,15H2,1-2H3. The van der Waals surface area contributed by atoms with E-state index >= 15 is 0 Å². The van der Waals surface area contributed by atoms with Gasteiger partial charge in [-0.05, 0) is 24.7 Å². The zero-order valence-corrected chi connectivity index (χ0v) is 14.0. The predicted octanol–water partition coefficient (Wildman–Crippen LogP) is 3.41. The lowest BCUT2D eigenvalue weighted by Crippen LogP contribution is -2.29. The van der Waals surface area contributed by atoms with E-state index in [1.54, 1.807) is 6.20 Å². The van der Waals surface area contributed by atoms with Crippen molar-refractivity contribution >= 4 is 0 Å². The summed E-state index contributed by atoms with van der Waals surface area (Å²) in [6, 6.07) is 19.0. The van der Waals surface area contributed by atoms with Gasteiger partial charge in [0, 0.05) is 0 Å². The molecule has 0 unspecified atom stereocenters. The van der Waals surface area contributed by atoms with Gasteiger partial charge in [-0.1, -0.05) is 67.6 Å².